The van der Waals surface area contributed by atoms with Crippen molar-refractivity contribution in [3.05, 3.63) is 28.3 Å². The maximum absolute atomic E-state index is 12.9. The predicted molar refractivity (Wildman–Crippen MR) is 45.9 cm³/mol. The molecule has 7 heteroatoms. The van der Waals surface area contributed by atoms with E-state index in [2.05, 4.69) is 0 Å². The monoisotopic (exact) mass is 217 g/mol. The molecule has 0 aliphatic rings. The van der Waals surface area contributed by atoms with Crippen molar-refractivity contribution in [1.29, 1.82) is 5.26 Å². The Morgan fingerprint density at radius 2 is 1.93 bits per heavy atom. The number of hydrogen-bond donors (Lipinski definition) is 2. The van der Waals surface area contributed by atoms with Crippen LogP contribution in [-0.2, 0) is 0 Å². The Bertz CT molecular complexity index is 419. The van der Waals surface area contributed by atoms with Gasteiger partial charge in [-0.3, -0.25) is 0 Å². The van der Waals surface area contributed by atoms with Gasteiger partial charge in [0.2, 0.25) is 0 Å². The highest BCUT2D eigenvalue weighted by Crippen LogP contribution is 2.20. The Kier molecular flexibility index (Phi) is 3.06. The van der Waals surface area contributed by atoms with Gasteiger partial charge in [-0.15, -0.1) is 0 Å². The van der Waals surface area contributed by atoms with E-state index in [1.54, 1.807) is 0 Å². The Balaban J connectivity index is 3.50. The van der Waals surface area contributed by atoms with Crippen LogP contribution in [0.5, 0.6) is 0 Å². The molecule has 1 aromatic carbocycles. The molecular formula is C7H3BClF2NO2. The minimum atomic E-state index is -2.19. The van der Waals surface area contributed by atoms with Gasteiger partial charge >= 0.3 is 7.12 Å². The lowest BCUT2D eigenvalue weighted by Gasteiger charge is -2.05. The van der Waals surface area contributed by atoms with Crippen molar-refractivity contribution in [2.24, 2.45) is 0 Å². The first-order valence-corrected chi connectivity index (χ1v) is 3.80. The second-order valence-corrected chi connectivity index (χ2v) is 2.82. The minimum Gasteiger partial charge on any atom is -0.423 e. The zero-order valence-electron chi connectivity index (χ0n) is 6.63. The molecule has 0 spiro atoms. The Labute approximate surface area is 83.3 Å². The number of benzene rings is 1. The standard InChI is InChI=1S/C7H3BClF2NO2/c9-5-3(2-12)1-4(8(13)14)6(10)7(5)11/h1,13-14H. The number of hydrogen-bond acceptors (Lipinski definition) is 3. The fourth-order valence-corrected chi connectivity index (χ4v) is 1.07. The SMILES string of the molecule is N#Cc1cc(B(O)O)c(F)c(F)c1Cl. The molecule has 0 saturated carbocycles. The molecule has 2 N–H and O–H groups in total. The van der Waals surface area contributed by atoms with E-state index in [-0.39, 0.29) is 5.56 Å². The lowest BCUT2D eigenvalue weighted by molar-refractivity contribution is 0.420. The molecule has 0 aliphatic carbocycles. The molecule has 0 aliphatic heterocycles. The van der Waals surface area contributed by atoms with Gasteiger partial charge in [0.15, 0.2) is 11.6 Å². The van der Waals surface area contributed by atoms with Crippen molar-refractivity contribution >= 4 is 24.2 Å². The molecule has 0 saturated heterocycles. The number of nitrogens with zero attached hydrogens (tertiary/aromatic N) is 1. The quantitative estimate of drug-likeness (QED) is 0.520. The molecule has 0 radical (unpaired) electrons. The molecule has 72 valence electrons. The smallest absolute Gasteiger partial charge is 0.423 e. The summed E-state index contributed by atoms with van der Waals surface area (Å²) >= 11 is 5.27. The molecule has 3 nitrogen and oxygen atoms in total. The van der Waals surface area contributed by atoms with Crippen LogP contribution in [0.4, 0.5) is 8.78 Å². The first kappa shape index (κ1) is 10.9. The van der Waals surface area contributed by atoms with Gasteiger partial charge in [-0.2, -0.15) is 5.26 Å². The molecule has 0 heterocycles. The van der Waals surface area contributed by atoms with Crippen LogP contribution >= 0.6 is 11.6 Å². The van der Waals surface area contributed by atoms with Gasteiger partial charge in [0, 0.05) is 5.46 Å². The van der Waals surface area contributed by atoms with E-state index < -0.39 is 29.2 Å². The summed E-state index contributed by atoms with van der Waals surface area (Å²) < 4.78 is 25.9. The first-order chi connectivity index (χ1) is 6.49. The zero-order valence-corrected chi connectivity index (χ0v) is 7.39. The highest BCUT2D eigenvalue weighted by molar-refractivity contribution is 6.58. The third kappa shape index (κ3) is 1.70. The summed E-state index contributed by atoms with van der Waals surface area (Å²) in [4.78, 5) is 0. The second kappa shape index (κ2) is 3.92. The molecule has 0 bridgehead atoms. The van der Waals surface area contributed by atoms with Gasteiger partial charge in [0.05, 0.1) is 10.6 Å². The summed E-state index contributed by atoms with van der Waals surface area (Å²) in [6, 6.07) is 2.28. The van der Waals surface area contributed by atoms with E-state index in [1.165, 1.54) is 6.07 Å². The van der Waals surface area contributed by atoms with Crippen LogP contribution in [-0.4, -0.2) is 17.2 Å². The van der Waals surface area contributed by atoms with Crippen molar-refractivity contribution in [3.8, 4) is 6.07 Å². The maximum atomic E-state index is 12.9. The van der Waals surface area contributed by atoms with Gasteiger partial charge < -0.3 is 10.0 Å². The van der Waals surface area contributed by atoms with Gasteiger partial charge in [-0.05, 0) is 6.07 Å². The van der Waals surface area contributed by atoms with E-state index in [4.69, 9.17) is 26.9 Å². The lowest BCUT2D eigenvalue weighted by Crippen LogP contribution is -2.34. The minimum absolute atomic E-state index is 0.353. The molecule has 1 rings (SSSR count). The highest BCUT2D eigenvalue weighted by atomic mass is 35.5. The summed E-state index contributed by atoms with van der Waals surface area (Å²) in [7, 11) is -2.19. The molecule has 0 aromatic heterocycles. The van der Waals surface area contributed by atoms with Crippen LogP contribution in [0.1, 0.15) is 5.56 Å². The lowest BCUT2D eigenvalue weighted by atomic mass is 9.79. The summed E-state index contributed by atoms with van der Waals surface area (Å²) in [5.74, 6) is -2.93. The summed E-state index contributed by atoms with van der Waals surface area (Å²) in [5.41, 5.74) is -1.07. The van der Waals surface area contributed by atoms with Crippen molar-refractivity contribution in [3.63, 3.8) is 0 Å². The van der Waals surface area contributed by atoms with E-state index in [0.29, 0.717) is 0 Å². The van der Waals surface area contributed by atoms with E-state index in [1.807, 2.05) is 0 Å². The largest absolute Gasteiger partial charge is 0.491 e. The van der Waals surface area contributed by atoms with E-state index >= 15 is 0 Å². The van der Waals surface area contributed by atoms with Crippen LogP contribution in [0, 0.1) is 23.0 Å². The normalized spacial score (nSPS) is 9.71. The fraction of sp³-hybridized carbons (Fsp3) is 0. The number of rotatable bonds is 1. The van der Waals surface area contributed by atoms with Crippen molar-refractivity contribution in [1.82, 2.24) is 0 Å². The zero-order chi connectivity index (χ0) is 10.9. The molecule has 14 heavy (non-hydrogen) atoms. The highest BCUT2D eigenvalue weighted by Gasteiger charge is 2.24. The average molecular weight is 217 g/mol. The van der Waals surface area contributed by atoms with Crippen LogP contribution in [0.25, 0.3) is 0 Å². The van der Waals surface area contributed by atoms with Crippen molar-refractivity contribution in [2.75, 3.05) is 0 Å². The van der Waals surface area contributed by atoms with Crippen LogP contribution in [0.2, 0.25) is 5.02 Å². The van der Waals surface area contributed by atoms with Crippen molar-refractivity contribution in [2.45, 2.75) is 0 Å². The Hall–Kier alpha value is -1.16. The van der Waals surface area contributed by atoms with Crippen molar-refractivity contribution < 1.29 is 18.8 Å². The van der Waals surface area contributed by atoms with Gasteiger partial charge in [0.25, 0.3) is 0 Å². The van der Waals surface area contributed by atoms with Gasteiger partial charge in [-0.25, -0.2) is 8.78 Å². The van der Waals surface area contributed by atoms with Gasteiger partial charge in [0.1, 0.15) is 6.07 Å². The predicted octanol–water partition coefficient (Wildman–Crippen LogP) is 0.170. The average Bonchev–Trinajstić information content (AvgIpc) is 2.14. The van der Waals surface area contributed by atoms with Crippen LogP contribution < -0.4 is 5.46 Å². The molecule has 1 aromatic rings. The molecule has 0 unspecified atom stereocenters. The Morgan fingerprint density at radius 3 is 2.36 bits per heavy atom. The third-order valence-corrected chi connectivity index (χ3v) is 1.94. The second-order valence-electron chi connectivity index (χ2n) is 2.44. The molecule has 0 amide bonds. The van der Waals surface area contributed by atoms with E-state index in [9.17, 15) is 8.78 Å². The maximum Gasteiger partial charge on any atom is 0.491 e. The summed E-state index contributed by atoms with van der Waals surface area (Å²) in [6.07, 6.45) is 0. The summed E-state index contributed by atoms with van der Waals surface area (Å²) in [6.45, 7) is 0. The molecular weight excluding hydrogens is 214 g/mol. The van der Waals surface area contributed by atoms with E-state index in [0.717, 1.165) is 6.07 Å². The third-order valence-electron chi connectivity index (χ3n) is 1.57. The number of halogens is 3. The summed E-state index contributed by atoms with van der Waals surface area (Å²) in [5, 5.41) is 25.1. The van der Waals surface area contributed by atoms with Crippen LogP contribution in [0.15, 0.2) is 6.07 Å². The topological polar surface area (TPSA) is 64.2 Å². The van der Waals surface area contributed by atoms with Gasteiger partial charge in [-0.1, -0.05) is 11.6 Å². The first-order valence-electron chi connectivity index (χ1n) is 3.42. The molecule has 0 fully saturated rings. The number of nitriles is 1. The van der Waals surface area contributed by atoms with Crippen LogP contribution in [0.3, 0.4) is 0 Å². The Morgan fingerprint density at radius 1 is 1.36 bits per heavy atom. The molecule has 0 atom stereocenters. The fourth-order valence-electron chi connectivity index (χ4n) is 0.893.